The first-order valence-electron chi connectivity index (χ1n) is 5.41. The minimum absolute atomic E-state index is 0.249. The van der Waals surface area contributed by atoms with Gasteiger partial charge in [0.1, 0.15) is 5.76 Å². The zero-order chi connectivity index (χ0) is 11.4. The summed E-state index contributed by atoms with van der Waals surface area (Å²) in [5, 5.41) is 3.28. The second-order valence-corrected chi connectivity index (χ2v) is 3.92. The largest absolute Gasteiger partial charge is 0.469 e. The number of hydrogen-bond acceptors (Lipinski definition) is 3. The molecule has 0 aromatic carbocycles. The molecule has 0 aliphatic carbocycles. The number of nitrogens with zero attached hydrogens (tertiary/aromatic N) is 1. The molecular weight excluding hydrogens is 200 g/mol. The Morgan fingerprint density at radius 3 is 2.94 bits per heavy atom. The van der Waals surface area contributed by atoms with Crippen LogP contribution >= 0.6 is 0 Å². The third kappa shape index (κ3) is 2.49. The molecule has 3 heteroatoms. The topological polar surface area (TPSA) is 38.1 Å². The molecule has 0 aliphatic rings. The van der Waals surface area contributed by atoms with Gasteiger partial charge in [-0.1, -0.05) is 6.07 Å². The molecule has 0 saturated carbocycles. The smallest absolute Gasteiger partial charge is 0.105 e. The van der Waals surface area contributed by atoms with Crippen molar-refractivity contribution in [3.05, 3.63) is 53.7 Å². The van der Waals surface area contributed by atoms with Crippen LogP contribution in [0.3, 0.4) is 0 Å². The number of aromatic nitrogens is 1. The number of hydrogen-bond donors (Lipinski definition) is 1. The fraction of sp³-hybridized carbons (Fsp3) is 0.308. The van der Waals surface area contributed by atoms with Gasteiger partial charge in [0, 0.05) is 24.9 Å². The first kappa shape index (κ1) is 10.9. The maximum absolute atomic E-state index is 5.36. The quantitative estimate of drug-likeness (QED) is 0.853. The van der Waals surface area contributed by atoms with Crippen LogP contribution in [-0.4, -0.2) is 12.0 Å². The van der Waals surface area contributed by atoms with Crippen LogP contribution in [0.1, 0.15) is 22.9 Å². The second-order valence-electron chi connectivity index (χ2n) is 3.92. The average molecular weight is 216 g/mol. The lowest BCUT2D eigenvalue weighted by Gasteiger charge is -2.15. The lowest BCUT2D eigenvalue weighted by Crippen LogP contribution is -2.18. The molecule has 2 rings (SSSR count). The van der Waals surface area contributed by atoms with Gasteiger partial charge in [-0.3, -0.25) is 4.98 Å². The Kier molecular flexibility index (Phi) is 3.37. The van der Waals surface area contributed by atoms with E-state index < -0.39 is 0 Å². The van der Waals surface area contributed by atoms with Crippen LogP contribution in [0.25, 0.3) is 0 Å². The Morgan fingerprint density at radius 1 is 1.44 bits per heavy atom. The Labute approximate surface area is 95.5 Å². The third-order valence-electron chi connectivity index (χ3n) is 2.63. The summed E-state index contributed by atoms with van der Waals surface area (Å²) in [7, 11) is 1.95. The molecule has 0 aliphatic heterocycles. The molecular formula is C13H16N2O. The summed E-state index contributed by atoms with van der Waals surface area (Å²) in [4.78, 5) is 4.21. The second kappa shape index (κ2) is 4.94. The number of aryl methyl sites for hydroxylation is 1. The van der Waals surface area contributed by atoms with Crippen molar-refractivity contribution in [3.63, 3.8) is 0 Å². The first-order chi connectivity index (χ1) is 7.79. The van der Waals surface area contributed by atoms with E-state index in [1.54, 1.807) is 6.26 Å². The van der Waals surface area contributed by atoms with Crippen molar-refractivity contribution in [2.75, 3.05) is 7.05 Å². The minimum atomic E-state index is 0.249. The third-order valence-corrected chi connectivity index (χ3v) is 2.63. The Bertz CT molecular complexity index is 437. The van der Waals surface area contributed by atoms with E-state index in [1.165, 1.54) is 11.1 Å². The fourth-order valence-corrected chi connectivity index (χ4v) is 1.79. The highest BCUT2D eigenvalue weighted by Gasteiger charge is 2.11. The number of likely N-dealkylation sites (N-methyl/N-ethyl adjacent to an activating group) is 1. The summed E-state index contributed by atoms with van der Waals surface area (Å²) in [6, 6.07) is 6.31. The van der Waals surface area contributed by atoms with Gasteiger partial charge in [-0.2, -0.15) is 0 Å². The monoisotopic (exact) mass is 216 g/mol. The highest BCUT2D eigenvalue weighted by atomic mass is 16.3. The first-order valence-corrected chi connectivity index (χ1v) is 5.41. The number of nitrogens with one attached hydrogen (secondary N) is 1. The summed E-state index contributed by atoms with van der Waals surface area (Å²) < 4.78 is 5.36. The summed E-state index contributed by atoms with van der Waals surface area (Å²) in [5.74, 6) is 0.987. The molecule has 0 saturated heterocycles. The molecule has 0 amide bonds. The van der Waals surface area contributed by atoms with Gasteiger partial charge in [0.05, 0.1) is 6.26 Å². The molecule has 0 spiro atoms. The molecule has 3 nitrogen and oxygen atoms in total. The lowest BCUT2D eigenvalue weighted by atomic mass is 10.0. The van der Waals surface area contributed by atoms with Crippen LogP contribution < -0.4 is 5.32 Å². The zero-order valence-electron chi connectivity index (χ0n) is 9.60. The molecule has 0 radical (unpaired) electrons. The van der Waals surface area contributed by atoms with E-state index >= 15 is 0 Å². The maximum Gasteiger partial charge on any atom is 0.105 e. The minimum Gasteiger partial charge on any atom is -0.469 e. The predicted octanol–water partition coefficient (Wildman–Crippen LogP) is 2.49. The van der Waals surface area contributed by atoms with Gasteiger partial charge in [0.25, 0.3) is 0 Å². The van der Waals surface area contributed by atoms with Crippen molar-refractivity contribution in [1.82, 2.24) is 10.3 Å². The van der Waals surface area contributed by atoms with Gasteiger partial charge in [-0.15, -0.1) is 0 Å². The van der Waals surface area contributed by atoms with E-state index in [-0.39, 0.29) is 6.04 Å². The van der Waals surface area contributed by atoms with Crippen molar-refractivity contribution < 1.29 is 4.42 Å². The van der Waals surface area contributed by atoms with Crippen molar-refractivity contribution in [3.8, 4) is 0 Å². The fourth-order valence-electron chi connectivity index (χ4n) is 1.79. The van der Waals surface area contributed by atoms with Crippen LogP contribution in [0.5, 0.6) is 0 Å². The Morgan fingerprint density at radius 2 is 2.31 bits per heavy atom. The molecule has 2 aromatic rings. The van der Waals surface area contributed by atoms with Gasteiger partial charge >= 0.3 is 0 Å². The van der Waals surface area contributed by atoms with Crippen LogP contribution in [0.4, 0.5) is 0 Å². The van der Waals surface area contributed by atoms with E-state index in [2.05, 4.69) is 23.3 Å². The van der Waals surface area contributed by atoms with Gasteiger partial charge in [-0.05, 0) is 37.2 Å². The van der Waals surface area contributed by atoms with Gasteiger partial charge in [-0.25, -0.2) is 0 Å². The van der Waals surface area contributed by atoms with Gasteiger partial charge in [0.2, 0.25) is 0 Å². The summed E-state index contributed by atoms with van der Waals surface area (Å²) in [5.41, 5.74) is 2.37. The predicted molar refractivity (Wildman–Crippen MR) is 63.2 cm³/mol. The number of rotatable bonds is 4. The van der Waals surface area contributed by atoms with Gasteiger partial charge < -0.3 is 9.73 Å². The van der Waals surface area contributed by atoms with Crippen LogP contribution in [0, 0.1) is 6.92 Å². The molecule has 16 heavy (non-hydrogen) atoms. The maximum atomic E-state index is 5.36. The summed E-state index contributed by atoms with van der Waals surface area (Å²) in [6.45, 7) is 2.05. The van der Waals surface area contributed by atoms with Crippen LogP contribution in [-0.2, 0) is 6.42 Å². The van der Waals surface area contributed by atoms with E-state index in [1.807, 2.05) is 31.6 Å². The van der Waals surface area contributed by atoms with Crippen molar-refractivity contribution in [2.24, 2.45) is 0 Å². The van der Waals surface area contributed by atoms with E-state index in [0.717, 1.165) is 12.2 Å². The average Bonchev–Trinajstić information content (AvgIpc) is 2.78. The molecule has 0 fully saturated rings. The highest BCUT2D eigenvalue weighted by molar-refractivity contribution is 5.21. The van der Waals surface area contributed by atoms with Crippen molar-refractivity contribution in [2.45, 2.75) is 19.4 Å². The SMILES string of the molecule is CNC(Cc1ccco1)c1cncc(C)c1. The molecule has 2 heterocycles. The number of furan rings is 1. The molecule has 1 N–H and O–H groups in total. The van der Waals surface area contributed by atoms with Crippen LogP contribution in [0.15, 0.2) is 41.3 Å². The molecule has 84 valence electrons. The highest BCUT2D eigenvalue weighted by Crippen LogP contribution is 2.18. The number of pyridine rings is 1. The molecule has 0 bridgehead atoms. The summed E-state index contributed by atoms with van der Waals surface area (Å²) in [6.07, 6.45) is 6.31. The molecule has 1 unspecified atom stereocenters. The Hall–Kier alpha value is -1.61. The molecule has 2 aromatic heterocycles. The van der Waals surface area contributed by atoms with E-state index in [0.29, 0.717) is 0 Å². The van der Waals surface area contributed by atoms with Crippen LogP contribution in [0.2, 0.25) is 0 Å². The van der Waals surface area contributed by atoms with Crippen molar-refractivity contribution in [1.29, 1.82) is 0 Å². The lowest BCUT2D eigenvalue weighted by molar-refractivity contribution is 0.465. The summed E-state index contributed by atoms with van der Waals surface area (Å²) >= 11 is 0. The Balaban J connectivity index is 2.16. The standard InChI is InChI=1S/C13H16N2O/c1-10-6-11(9-15-8-10)13(14-2)7-12-4-3-5-16-12/h3-6,8-9,13-14H,7H2,1-2H3. The molecule has 1 atom stereocenters. The van der Waals surface area contributed by atoms with Gasteiger partial charge in [0.15, 0.2) is 0 Å². The van der Waals surface area contributed by atoms with E-state index in [9.17, 15) is 0 Å². The normalized spacial score (nSPS) is 12.6. The van der Waals surface area contributed by atoms with E-state index in [4.69, 9.17) is 4.42 Å². The van der Waals surface area contributed by atoms with Crippen molar-refractivity contribution >= 4 is 0 Å². The zero-order valence-corrected chi connectivity index (χ0v) is 9.60.